The predicted molar refractivity (Wildman–Crippen MR) is 121 cm³/mol. The topological polar surface area (TPSA) is 88.2 Å². The molecule has 0 atom stereocenters. The van der Waals surface area contributed by atoms with Crippen molar-refractivity contribution in [2.24, 2.45) is 0 Å². The van der Waals surface area contributed by atoms with Crippen molar-refractivity contribution in [3.63, 3.8) is 0 Å². The van der Waals surface area contributed by atoms with E-state index in [1.165, 1.54) is 7.11 Å². The van der Waals surface area contributed by atoms with Gasteiger partial charge in [0.25, 0.3) is 0 Å². The molecule has 0 radical (unpaired) electrons. The first kappa shape index (κ1) is 23.1. The number of methoxy groups -OCH3 is 2. The van der Waals surface area contributed by atoms with Crippen LogP contribution in [-0.2, 0) is 16.1 Å². The van der Waals surface area contributed by atoms with Gasteiger partial charge < -0.3 is 24.6 Å². The number of piperidine rings is 1. The number of hydrogen-bond donors (Lipinski definition) is 1. The summed E-state index contributed by atoms with van der Waals surface area (Å²) in [5.74, 6) is 0.269. The minimum atomic E-state index is -0.516. The third kappa shape index (κ3) is 5.57. The Labute approximate surface area is 188 Å². The molecular formula is C24H29N3O5. The Morgan fingerprint density at radius 1 is 1.03 bits per heavy atom. The maximum Gasteiger partial charge on any atom is 0.339 e. The van der Waals surface area contributed by atoms with Crippen molar-refractivity contribution in [1.29, 1.82) is 0 Å². The molecule has 8 heteroatoms. The lowest BCUT2D eigenvalue weighted by molar-refractivity contribution is -0.130. The van der Waals surface area contributed by atoms with Crippen molar-refractivity contribution in [2.75, 3.05) is 32.6 Å². The Morgan fingerprint density at radius 3 is 2.28 bits per heavy atom. The van der Waals surface area contributed by atoms with Crippen LogP contribution in [0.3, 0.4) is 0 Å². The molecule has 3 rings (SSSR count). The van der Waals surface area contributed by atoms with Gasteiger partial charge in [0.15, 0.2) is 0 Å². The number of para-hydroxylation sites is 1. The molecule has 2 aromatic rings. The van der Waals surface area contributed by atoms with Gasteiger partial charge in [0.1, 0.15) is 5.75 Å². The van der Waals surface area contributed by atoms with E-state index >= 15 is 0 Å². The van der Waals surface area contributed by atoms with E-state index in [1.807, 2.05) is 24.3 Å². The number of likely N-dealkylation sites (tertiary alicyclic amines) is 1. The van der Waals surface area contributed by atoms with Crippen LogP contribution in [0.1, 0.15) is 35.7 Å². The fraction of sp³-hybridized carbons (Fsp3) is 0.375. The molecule has 170 valence electrons. The normalized spacial score (nSPS) is 13.9. The second kappa shape index (κ2) is 10.7. The highest BCUT2D eigenvalue weighted by molar-refractivity contribution is 6.00. The summed E-state index contributed by atoms with van der Waals surface area (Å²) in [5, 5.41) is 2.88. The monoisotopic (exact) mass is 439 g/mol. The number of anilines is 1. The lowest BCUT2D eigenvalue weighted by Gasteiger charge is -2.38. The Kier molecular flexibility index (Phi) is 7.70. The number of esters is 1. The molecule has 0 bridgehead atoms. The van der Waals surface area contributed by atoms with Crippen LogP contribution in [-0.4, -0.2) is 61.1 Å². The second-order valence-electron chi connectivity index (χ2n) is 7.68. The summed E-state index contributed by atoms with van der Waals surface area (Å²) >= 11 is 0. The maximum absolute atomic E-state index is 13.4. The first-order chi connectivity index (χ1) is 15.4. The number of carbonyl (C=O) groups is 3. The van der Waals surface area contributed by atoms with Gasteiger partial charge in [-0.2, -0.15) is 0 Å². The van der Waals surface area contributed by atoms with Crippen LogP contribution in [0.15, 0.2) is 48.5 Å². The number of benzene rings is 2. The SMILES string of the molecule is COC(=O)c1ccccc1NC(=O)N(Cc1ccc(OC)cc1)C1CCN(C(C)=O)CC1. The first-order valence-corrected chi connectivity index (χ1v) is 10.6. The molecule has 3 amide bonds. The molecule has 1 aliphatic heterocycles. The number of urea groups is 1. The number of carbonyl (C=O) groups excluding carboxylic acids is 3. The smallest absolute Gasteiger partial charge is 0.339 e. The molecule has 0 unspecified atom stereocenters. The summed E-state index contributed by atoms with van der Waals surface area (Å²) in [5.41, 5.74) is 1.64. The molecule has 1 fully saturated rings. The standard InChI is InChI=1S/C24H29N3O5/c1-17(28)26-14-12-19(13-15-26)27(16-18-8-10-20(31-2)11-9-18)24(30)25-22-7-5-4-6-21(22)23(29)32-3/h4-11,19H,12-16H2,1-3H3,(H,25,30). The van der Waals surface area contributed by atoms with E-state index in [0.29, 0.717) is 43.7 Å². The summed E-state index contributed by atoms with van der Waals surface area (Å²) in [6, 6.07) is 14.0. The summed E-state index contributed by atoms with van der Waals surface area (Å²) in [6.45, 7) is 3.16. The molecule has 0 spiro atoms. The number of nitrogens with zero attached hydrogens (tertiary/aromatic N) is 2. The number of amides is 3. The lowest BCUT2D eigenvalue weighted by atomic mass is 10.0. The Hall–Kier alpha value is -3.55. The summed E-state index contributed by atoms with van der Waals surface area (Å²) < 4.78 is 10.1. The zero-order valence-corrected chi connectivity index (χ0v) is 18.7. The molecule has 0 saturated carbocycles. The largest absolute Gasteiger partial charge is 0.497 e. The van der Waals surface area contributed by atoms with Crippen molar-refractivity contribution in [3.8, 4) is 5.75 Å². The molecule has 1 aliphatic rings. The summed E-state index contributed by atoms with van der Waals surface area (Å²) in [6.07, 6.45) is 1.36. The molecule has 32 heavy (non-hydrogen) atoms. The number of ether oxygens (including phenoxy) is 2. The zero-order chi connectivity index (χ0) is 23.1. The maximum atomic E-state index is 13.4. The molecule has 0 aromatic heterocycles. The van der Waals surface area contributed by atoms with Crippen molar-refractivity contribution < 1.29 is 23.9 Å². The Balaban J connectivity index is 1.82. The van der Waals surface area contributed by atoms with Gasteiger partial charge in [0, 0.05) is 32.6 Å². The summed E-state index contributed by atoms with van der Waals surface area (Å²) in [4.78, 5) is 40.8. The van der Waals surface area contributed by atoms with Gasteiger partial charge in [0.05, 0.1) is 25.5 Å². The molecule has 1 saturated heterocycles. The van der Waals surface area contributed by atoms with Crippen molar-refractivity contribution in [2.45, 2.75) is 32.4 Å². The van der Waals surface area contributed by atoms with Crippen molar-refractivity contribution in [1.82, 2.24) is 9.80 Å². The van der Waals surface area contributed by atoms with Crippen LogP contribution in [0.25, 0.3) is 0 Å². The minimum Gasteiger partial charge on any atom is -0.497 e. The van der Waals surface area contributed by atoms with Gasteiger partial charge >= 0.3 is 12.0 Å². The second-order valence-corrected chi connectivity index (χ2v) is 7.68. The van der Waals surface area contributed by atoms with Crippen molar-refractivity contribution >= 4 is 23.6 Å². The van der Waals surface area contributed by atoms with Gasteiger partial charge in [0.2, 0.25) is 5.91 Å². The van der Waals surface area contributed by atoms with E-state index < -0.39 is 5.97 Å². The van der Waals surface area contributed by atoms with E-state index in [-0.39, 0.29) is 18.0 Å². The average Bonchev–Trinajstić information content (AvgIpc) is 2.82. The van der Waals surface area contributed by atoms with Crippen LogP contribution in [0.4, 0.5) is 10.5 Å². The highest BCUT2D eigenvalue weighted by Gasteiger charge is 2.29. The third-order valence-corrected chi connectivity index (χ3v) is 5.70. The quantitative estimate of drug-likeness (QED) is 0.696. The number of nitrogens with one attached hydrogen (secondary N) is 1. The Bertz CT molecular complexity index is 952. The lowest BCUT2D eigenvalue weighted by Crippen LogP contribution is -2.49. The molecule has 1 heterocycles. The van der Waals surface area contributed by atoms with Gasteiger partial charge in [-0.25, -0.2) is 9.59 Å². The van der Waals surface area contributed by atoms with Gasteiger partial charge in [-0.1, -0.05) is 24.3 Å². The first-order valence-electron chi connectivity index (χ1n) is 10.6. The highest BCUT2D eigenvalue weighted by Crippen LogP contribution is 2.23. The van der Waals surface area contributed by atoms with E-state index in [1.54, 1.807) is 48.1 Å². The average molecular weight is 440 g/mol. The molecule has 8 nitrogen and oxygen atoms in total. The van der Waals surface area contributed by atoms with Gasteiger partial charge in [-0.15, -0.1) is 0 Å². The van der Waals surface area contributed by atoms with E-state index in [0.717, 1.165) is 11.3 Å². The minimum absolute atomic E-state index is 0.0432. The van der Waals surface area contributed by atoms with Crippen LogP contribution in [0.5, 0.6) is 5.75 Å². The van der Waals surface area contributed by atoms with E-state index in [4.69, 9.17) is 9.47 Å². The molecule has 0 aliphatic carbocycles. The van der Waals surface area contributed by atoms with Gasteiger partial charge in [-0.05, 0) is 42.7 Å². The Morgan fingerprint density at radius 2 is 1.69 bits per heavy atom. The van der Waals surface area contributed by atoms with Crippen LogP contribution in [0, 0.1) is 0 Å². The predicted octanol–water partition coefficient (Wildman–Crippen LogP) is 3.53. The zero-order valence-electron chi connectivity index (χ0n) is 18.7. The molecule has 1 N–H and O–H groups in total. The molecule has 2 aromatic carbocycles. The van der Waals surface area contributed by atoms with E-state index in [2.05, 4.69) is 5.32 Å². The van der Waals surface area contributed by atoms with Crippen molar-refractivity contribution in [3.05, 3.63) is 59.7 Å². The fourth-order valence-electron chi connectivity index (χ4n) is 3.85. The van der Waals surface area contributed by atoms with Crippen LogP contribution < -0.4 is 10.1 Å². The molecular weight excluding hydrogens is 410 g/mol. The number of rotatable bonds is 6. The third-order valence-electron chi connectivity index (χ3n) is 5.70. The van der Waals surface area contributed by atoms with Crippen LogP contribution in [0.2, 0.25) is 0 Å². The van der Waals surface area contributed by atoms with E-state index in [9.17, 15) is 14.4 Å². The number of hydrogen-bond acceptors (Lipinski definition) is 5. The van der Waals surface area contributed by atoms with Crippen LogP contribution >= 0.6 is 0 Å². The summed E-state index contributed by atoms with van der Waals surface area (Å²) in [7, 11) is 2.91. The fourth-order valence-corrected chi connectivity index (χ4v) is 3.85. The highest BCUT2D eigenvalue weighted by atomic mass is 16.5. The van der Waals surface area contributed by atoms with Gasteiger partial charge in [-0.3, -0.25) is 4.79 Å².